The molecule has 0 saturated carbocycles. The number of carbonyl (C=O) groups excluding carboxylic acids is 3. The van der Waals surface area contributed by atoms with Crippen molar-refractivity contribution in [3.05, 3.63) is 35.4 Å². The number of hydrogen-bond acceptors (Lipinski definition) is 5. The molecule has 1 aromatic rings. The van der Waals surface area contributed by atoms with Crippen LogP contribution < -0.4 is 0 Å². The van der Waals surface area contributed by atoms with E-state index in [0.29, 0.717) is 17.0 Å². The molecule has 2 N–H and O–H groups in total. The van der Waals surface area contributed by atoms with E-state index in [0.717, 1.165) is 24.8 Å². The van der Waals surface area contributed by atoms with Gasteiger partial charge >= 0.3 is 13.6 Å². The van der Waals surface area contributed by atoms with E-state index in [-0.39, 0.29) is 25.4 Å². The van der Waals surface area contributed by atoms with Crippen LogP contribution in [0.1, 0.15) is 43.2 Å². The maximum atomic E-state index is 11.8. The van der Waals surface area contributed by atoms with Gasteiger partial charge in [-0.05, 0) is 30.4 Å². The number of unbranched alkanes of at least 4 members (excludes halogenated alkanes) is 2. The fraction of sp³-hybridized carbons (Fsp3) is 0.471. The summed E-state index contributed by atoms with van der Waals surface area (Å²) in [5.41, 5.74) is 1.77. The minimum Gasteiger partial charge on any atom is -0.330 e. The first-order valence-corrected chi connectivity index (χ1v) is 10.2. The predicted octanol–water partition coefficient (Wildman–Crippen LogP) is 1.73. The number of carbonyl (C=O) groups is 3. The third-order valence-corrected chi connectivity index (χ3v) is 4.88. The summed E-state index contributed by atoms with van der Waals surface area (Å²) in [4.78, 5) is 57.0. The molecule has 1 aliphatic heterocycles. The van der Waals surface area contributed by atoms with E-state index in [1.165, 1.54) is 0 Å². The highest BCUT2D eigenvalue weighted by Gasteiger charge is 2.32. The topological polar surface area (TPSA) is 121 Å². The lowest BCUT2D eigenvalue weighted by Crippen LogP contribution is -2.32. The van der Waals surface area contributed by atoms with Crippen LogP contribution in [0, 0.1) is 0 Å². The van der Waals surface area contributed by atoms with Crippen molar-refractivity contribution >= 4 is 25.4 Å². The van der Waals surface area contributed by atoms with Crippen LogP contribution in [-0.4, -0.2) is 38.8 Å². The molecule has 1 heterocycles. The molecule has 0 atom stereocenters. The Kier molecular flexibility index (Phi) is 7.08. The zero-order valence-corrected chi connectivity index (χ0v) is 15.2. The number of benzene rings is 1. The van der Waals surface area contributed by atoms with E-state index >= 15 is 0 Å². The lowest BCUT2D eigenvalue weighted by atomic mass is 10.0. The molecule has 0 radical (unpaired) electrons. The molecule has 26 heavy (non-hydrogen) atoms. The van der Waals surface area contributed by atoms with Crippen molar-refractivity contribution in [2.75, 3.05) is 6.16 Å². The summed E-state index contributed by atoms with van der Waals surface area (Å²) in [5.74, 6) is -1.67. The van der Waals surface area contributed by atoms with Crippen molar-refractivity contribution in [1.82, 2.24) is 5.06 Å². The molecule has 1 fully saturated rings. The highest BCUT2D eigenvalue weighted by atomic mass is 31.2. The highest BCUT2D eigenvalue weighted by Crippen LogP contribution is 2.35. The highest BCUT2D eigenvalue weighted by molar-refractivity contribution is 7.51. The quantitative estimate of drug-likeness (QED) is 0.378. The zero-order valence-electron chi connectivity index (χ0n) is 14.3. The molecule has 0 aliphatic carbocycles. The molecule has 142 valence electrons. The molecule has 0 aromatic heterocycles. The Morgan fingerprint density at radius 3 is 2.15 bits per heavy atom. The van der Waals surface area contributed by atoms with E-state index in [4.69, 9.17) is 14.6 Å². The molecule has 0 unspecified atom stereocenters. The second-order valence-corrected chi connectivity index (χ2v) is 8.01. The van der Waals surface area contributed by atoms with Crippen LogP contribution in [-0.2, 0) is 36.6 Å². The van der Waals surface area contributed by atoms with Gasteiger partial charge in [0.1, 0.15) is 0 Å². The largest absolute Gasteiger partial charge is 0.337 e. The fourth-order valence-electron chi connectivity index (χ4n) is 2.61. The number of amides is 2. The van der Waals surface area contributed by atoms with E-state index in [1.807, 2.05) is 12.1 Å². The molecular formula is C17H22NO7P. The van der Waals surface area contributed by atoms with Crippen LogP contribution in [0.25, 0.3) is 0 Å². The van der Waals surface area contributed by atoms with E-state index in [9.17, 15) is 18.9 Å². The Labute approximate surface area is 151 Å². The molecular weight excluding hydrogens is 361 g/mol. The number of aryl methyl sites for hydroxylation is 1. The van der Waals surface area contributed by atoms with Crippen LogP contribution in [0.4, 0.5) is 0 Å². The van der Waals surface area contributed by atoms with Gasteiger partial charge in [-0.3, -0.25) is 14.2 Å². The first kappa shape index (κ1) is 20.3. The number of rotatable bonds is 9. The van der Waals surface area contributed by atoms with Gasteiger partial charge in [-0.15, -0.1) is 5.06 Å². The molecule has 0 spiro atoms. The van der Waals surface area contributed by atoms with Gasteiger partial charge < -0.3 is 14.6 Å². The minimum atomic E-state index is -3.91. The molecule has 1 aromatic carbocycles. The van der Waals surface area contributed by atoms with Crippen molar-refractivity contribution < 1.29 is 33.6 Å². The molecule has 1 saturated heterocycles. The lowest BCUT2D eigenvalue weighted by Gasteiger charge is -2.12. The van der Waals surface area contributed by atoms with Gasteiger partial charge in [0.05, 0.1) is 6.42 Å². The summed E-state index contributed by atoms with van der Waals surface area (Å²) < 4.78 is 10.8. The third kappa shape index (κ3) is 6.71. The van der Waals surface area contributed by atoms with Crippen molar-refractivity contribution in [3.63, 3.8) is 0 Å². The van der Waals surface area contributed by atoms with Crippen molar-refractivity contribution in [3.8, 4) is 0 Å². The number of hydroxylamine groups is 2. The zero-order chi connectivity index (χ0) is 19.2. The SMILES string of the molecule is O=C(Cc1ccc(CCCCCP(=O)(O)O)cc1)ON1C(=O)CCC1=O. The van der Waals surface area contributed by atoms with Gasteiger partial charge in [0.25, 0.3) is 11.8 Å². The second-order valence-electron chi connectivity index (χ2n) is 6.24. The summed E-state index contributed by atoms with van der Waals surface area (Å²) >= 11 is 0. The summed E-state index contributed by atoms with van der Waals surface area (Å²) in [7, 11) is -3.91. The van der Waals surface area contributed by atoms with E-state index < -0.39 is 25.4 Å². The summed E-state index contributed by atoms with van der Waals surface area (Å²) in [6.07, 6.45) is 2.82. The monoisotopic (exact) mass is 383 g/mol. The van der Waals surface area contributed by atoms with E-state index in [2.05, 4.69) is 0 Å². The Morgan fingerprint density at radius 2 is 1.58 bits per heavy atom. The summed E-state index contributed by atoms with van der Waals surface area (Å²) in [5, 5.41) is 0.536. The molecule has 2 amide bonds. The Morgan fingerprint density at radius 1 is 1.00 bits per heavy atom. The van der Waals surface area contributed by atoms with Crippen LogP contribution in [0.5, 0.6) is 0 Å². The number of nitrogens with zero attached hydrogens (tertiary/aromatic N) is 1. The summed E-state index contributed by atoms with van der Waals surface area (Å²) in [6, 6.07) is 7.30. The first-order valence-electron chi connectivity index (χ1n) is 8.43. The van der Waals surface area contributed by atoms with Gasteiger partial charge in [0, 0.05) is 19.0 Å². The van der Waals surface area contributed by atoms with Gasteiger partial charge in [0.2, 0.25) is 0 Å². The molecule has 9 heteroatoms. The summed E-state index contributed by atoms with van der Waals surface area (Å²) in [6.45, 7) is 0. The van der Waals surface area contributed by atoms with Crippen molar-refractivity contribution in [2.24, 2.45) is 0 Å². The lowest BCUT2D eigenvalue weighted by molar-refractivity contribution is -0.197. The Hall–Kier alpha value is -2.02. The maximum Gasteiger partial charge on any atom is 0.337 e. The maximum absolute atomic E-state index is 11.8. The minimum absolute atomic E-state index is 0.0420. The number of hydrogen-bond donors (Lipinski definition) is 2. The van der Waals surface area contributed by atoms with Crippen molar-refractivity contribution in [1.29, 1.82) is 0 Å². The Bertz CT molecular complexity index is 694. The van der Waals surface area contributed by atoms with Crippen molar-refractivity contribution in [2.45, 2.75) is 44.9 Å². The van der Waals surface area contributed by atoms with E-state index in [1.54, 1.807) is 12.1 Å². The number of imide groups is 1. The standard InChI is InChI=1S/C17H22NO7P/c19-15-9-10-16(20)18(15)25-17(21)12-14-7-5-13(6-8-14)4-2-1-3-11-26(22,23)24/h5-8H,1-4,9-12H2,(H2,22,23,24). The fourth-order valence-corrected chi connectivity index (χ4v) is 3.24. The normalized spacial score (nSPS) is 14.8. The third-order valence-electron chi connectivity index (χ3n) is 3.99. The molecule has 8 nitrogen and oxygen atoms in total. The Balaban J connectivity index is 1.73. The predicted molar refractivity (Wildman–Crippen MR) is 91.8 cm³/mol. The average Bonchev–Trinajstić information content (AvgIpc) is 2.87. The molecule has 0 bridgehead atoms. The van der Waals surface area contributed by atoms with Crippen LogP contribution >= 0.6 is 7.60 Å². The molecule has 1 aliphatic rings. The second kappa shape index (κ2) is 9.07. The van der Waals surface area contributed by atoms with Gasteiger partial charge in [-0.25, -0.2) is 4.79 Å². The van der Waals surface area contributed by atoms with Crippen LogP contribution in [0.15, 0.2) is 24.3 Å². The average molecular weight is 383 g/mol. The first-order chi connectivity index (χ1) is 12.2. The van der Waals surface area contributed by atoms with Crippen LogP contribution in [0.3, 0.4) is 0 Å². The van der Waals surface area contributed by atoms with Gasteiger partial charge in [-0.2, -0.15) is 0 Å². The van der Waals surface area contributed by atoms with Crippen LogP contribution in [0.2, 0.25) is 0 Å². The smallest absolute Gasteiger partial charge is 0.330 e. The molecule has 2 rings (SSSR count). The van der Waals surface area contributed by atoms with Gasteiger partial charge in [-0.1, -0.05) is 30.7 Å². The van der Waals surface area contributed by atoms with Gasteiger partial charge in [0.15, 0.2) is 0 Å².